The van der Waals surface area contributed by atoms with Crippen molar-refractivity contribution in [1.29, 1.82) is 0 Å². The summed E-state index contributed by atoms with van der Waals surface area (Å²) < 4.78 is 42.2. The molecule has 0 spiro atoms. The van der Waals surface area contributed by atoms with Crippen molar-refractivity contribution in [3.05, 3.63) is 29.3 Å². The molecule has 16 heavy (non-hydrogen) atoms. The second-order valence-electron chi connectivity index (χ2n) is 3.13. The summed E-state index contributed by atoms with van der Waals surface area (Å²) in [5.41, 5.74) is 3.71. The normalized spacial score (nSPS) is 11.2. The average Bonchev–Trinajstić information content (AvgIpc) is 2.15. The molecule has 0 radical (unpaired) electrons. The summed E-state index contributed by atoms with van der Waals surface area (Å²) in [6.07, 6.45) is -5.02. The molecule has 88 valence electrons. The van der Waals surface area contributed by atoms with E-state index in [1.807, 2.05) is 0 Å². The van der Waals surface area contributed by atoms with Gasteiger partial charge in [0.15, 0.2) is 0 Å². The van der Waals surface area contributed by atoms with Gasteiger partial charge >= 0.3 is 12.1 Å². The third-order valence-corrected chi connectivity index (χ3v) is 2.03. The van der Waals surface area contributed by atoms with Crippen molar-refractivity contribution in [1.82, 2.24) is 0 Å². The van der Waals surface area contributed by atoms with E-state index in [9.17, 15) is 18.0 Å². The van der Waals surface area contributed by atoms with Crippen LogP contribution in [0.4, 0.5) is 18.9 Å². The monoisotopic (exact) mass is 233 g/mol. The Morgan fingerprint density at radius 1 is 1.44 bits per heavy atom. The molecule has 0 saturated carbocycles. The first-order valence-electron chi connectivity index (χ1n) is 4.37. The Hall–Kier alpha value is -1.72. The van der Waals surface area contributed by atoms with Crippen LogP contribution in [0.15, 0.2) is 18.2 Å². The molecule has 1 aromatic rings. The van der Waals surface area contributed by atoms with E-state index in [4.69, 9.17) is 5.73 Å². The van der Waals surface area contributed by atoms with Gasteiger partial charge in [-0.1, -0.05) is 12.1 Å². The number of nitrogens with two attached hydrogens (primary N) is 1. The molecule has 0 saturated heterocycles. The topological polar surface area (TPSA) is 52.3 Å². The number of carbonyl (C=O) groups excluding carboxylic acids is 1. The molecular weight excluding hydrogens is 223 g/mol. The molecule has 0 fully saturated rings. The number of anilines is 1. The van der Waals surface area contributed by atoms with Gasteiger partial charge < -0.3 is 10.5 Å². The minimum Gasteiger partial charge on any atom is -0.469 e. The number of ether oxygens (including phenoxy) is 1. The molecule has 0 unspecified atom stereocenters. The number of hydrogen-bond acceptors (Lipinski definition) is 3. The Balaban J connectivity index is 3.18. The summed E-state index contributed by atoms with van der Waals surface area (Å²) in [5.74, 6) is -0.740. The third-order valence-electron chi connectivity index (χ3n) is 2.03. The van der Waals surface area contributed by atoms with Crippen molar-refractivity contribution in [3.63, 3.8) is 0 Å². The van der Waals surface area contributed by atoms with E-state index < -0.39 is 29.8 Å². The van der Waals surface area contributed by atoms with Gasteiger partial charge in [-0.25, -0.2) is 0 Å². The average molecular weight is 233 g/mol. The van der Waals surface area contributed by atoms with Gasteiger partial charge in [-0.2, -0.15) is 13.2 Å². The van der Waals surface area contributed by atoms with Gasteiger partial charge in [-0.05, 0) is 11.6 Å². The number of carbonyl (C=O) groups is 1. The lowest BCUT2D eigenvalue weighted by atomic mass is 10.0. The summed E-state index contributed by atoms with van der Waals surface area (Å²) >= 11 is 0. The number of alkyl halides is 3. The second kappa shape index (κ2) is 4.42. The zero-order valence-electron chi connectivity index (χ0n) is 8.47. The number of nitrogen functional groups attached to an aromatic ring is 1. The molecule has 0 aromatic heterocycles. The molecule has 0 aliphatic rings. The fraction of sp³-hybridized carbons (Fsp3) is 0.300. The first kappa shape index (κ1) is 12.4. The maximum atomic E-state index is 12.6. The van der Waals surface area contributed by atoms with Gasteiger partial charge in [-0.15, -0.1) is 0 Å². The molecule has 6 heteroatoms. The number of rotatable bonds is 2. The summed E-state index contributed by atoms with van der Waals surface area (Å²) in [5, 5.41) is 0. The van der Waals surface area contributed by atoms with E-state index in [1.54, 1.807) is 0 Å². The van der Waals surface area contributed by atoms with Crippen molar-refractivity contribution in [2.45, 2.75) is 12.6 Å². The Morgan fingerprint density at radius 3 is 2.56 bits per heavy atom. The van der Waals surface area contributed by atoms with Crippen molar-refractivity contribution >= 4 is 11.7 Å². The number of esters is 1. The van der Waals surface area contributed by atoms with Crippen molar-refractivity contribution in [3.8, 4) is 0 Å². The maximum Gasteiger partial charge on any atom is 0.418 e. The van der Waals surface area contributed by atoms with E-state index in [-0.39, 0.29) is 5.56 Å². The highest BCUT2D eigenvalue weighted by Crippen LogP contribution is 2.36. The van der Waals surface area contributed by atoms with E-state index in [0.29, 0.717) is 0 Å². The standard InChI is InChI=1S/C10H10F3NO2/c1-16-8(15)5-6-3-2-4-7(14)9(6)10(11,12)13/h2-4H,5,14H2,1H3. The molecule has 0 aliphatic heterocycles. The fourth-order valence-corrected chi connectivity index (χ4v) is 1.34. The van der Waals surface area contributed by atoms with Crippen molar-refractivity contribution in [2.24, 2.45) is 0 Å². The molecule has 0 heterocycles. The zero-order valence-corrected chi connectivity index (χ0v) is 8.47. The number of hydrogen-bond donors (Lipinski definition) is 1. The molecule has 0 aliphatic carbocycles. The van der Waals surface area contributed by atoms with Gasteiger partial charge in [0.05, 0.1) is 19.1 Å². The van der Waals surface area contributed by atoms with Gasteiger partial charge in [0.25, 0.3) is 0 Å². The highest BCUT2D eigenvalue weighted by atomic mass is 19.4. The summed E-state index contributed by atoms with van der Waals surface area (Å²) in [6, 6.07) is 3.71. The minimum absolute atomic E-state index is 0.181. The summed E-state index contributed by atoms with van der Waals surface area (Å²) in [4.78, 5) is 10.9. The van der Waals surface area contributed by atoms with E-state index >= 15 is 0 Å². The lowest BCUT2D eigenvalue weighted by Crippen LogP contribution is -2.15. The van der Waals surface area contributed by atoms with Gasteiger partial charge in [0, 0.05) is 5.69 Å². The van der Waals surface area contributed by atoms with Crippen LogP contribution in [0.5, 0.6) is 0 Å². The smallest absolute Gasteiger partial charge is 0.418 e. The molecular formula is C10H10F3NO2. The van der Waals surface area contributed by atoms with Gasteiger partial charge in [-0.3, -0.25) is 4.79 Å². The predicted octanol–water partition coefficient (Wildman–Crippen LogP) is 2.00. The van der Waals surface area contributed by atoms with Crippen molar-refractivity contribution in [2.75, 3.05) is 12.8 Å². The highest BCUT2D eigenvalue weighted by molar-refractivity contribution is 5.74. The molecule has 2 N–H and O–H groups in total. The second-order valence-corrected chi connectivity index (χ2v) is 3.13. The minimum atomic E-state index is -4.57. The van der Waals surface area contributed by atoms with Crippen LogP contribution in [-0.2, 0) is 22.1 Å². The first-order chi connectivity index (χ1) is 7.36. The van der Waals surface area contributed by atoms with Crippen LogP contribution in [0.2, 0.25) is 0 Å². The van der Waals surface area contributed by atoms with Crippen LogP contribution >= 0.6 is 0 Å². The SMILES string of the molecule is COC(=O)Cc1cccc(N)c1C(F)(F)F. The molecule has 1 aromatic carbocycles. The Bertz CT molecular complexity index is 402. The van der Waals surface area contributed by atoms with Crippen LogP contribution in [0.1, 0.15) is 11.1 Å². The molecule has 0 amide bonds. The Kier molecular flexibility index (Phi) is 3.41. The molecule has 3 nitrogen and oxygen atoms in total. The maximum absolute atomic E-state index is 12.6. The molecule has 1 rings (SSSR count). The van der Waals surface area contributed by atoms with Gasteiger partial charge in [0.2, 0.25) is 0 Å². The van der Waals surface area contributed by atoms with Crippen LogP contribution in [0, 0.1) is 0 Å². The predicted molar refractivity (Wildman–Crippen MR) is 51.6 cm³/mol. The van der Waals surface area contributed by atoms with Gasteiger partial charge in [0.1, 0.15) is 0 Å². The number of benzene rings is 1. The summed E-state index contributed by atoms with van der Waals surface area (Å²) in [7, 11) is 1.11. The molecule has 0 atom stereocenters. The Labute approximate surface area is 90.0 Å². The third kappa shape index (κ3) is 2.65. The first-order valence-corrected chi connectivity index (χ1v) is 4.37. The van der Waals surface area contributed by atoms with Crippen LogP contribution in [0.3, 0.4) is 0 Å². The molecule has 0 bridgehead atoms. The largest absolute Gasteiger partial charge is 0.469 e. The summed E-state index contributed by atoms with van der Waals surface area (Å²) in [6.45, 7) is 0. The fourth-order valence-electron chi connectivity index (χ4n) is 1.34. The zero-order chi connectivity index (χ0) is 12.3. The lowest BCUT2D eigenvalue weighted by Gasteiger charge is -2.14. The van der Waals surface area contributed by atoms with Crippen LogP contribution < -0.4 is 5.73 Å². The number of halogens is 3. The van der Waals surface area contributed by atoms with Crippen molar-refractivity contribution < 1.29 is 22.7 Å². The van der Waals surface area contributed by atoms with Crippen LogP contribution in [0.25, 0.3) is 0 Å². The Morgan fingerprint density at radius 2 is 2.06 bits per heavy atom. The van der Waals surface area contributed by atoms with E-state index in [2.05, 4.69) is 4.74 Å². The lowest BCUT2D eigenvalue weighted by molar-refractivity contribution is -0.141. The highest BCUT2D eigenvalue weighted by Gasteiger charge is 2.35. The van der Waals surface area contributed by atoms with Crippen LogP contribution in [-0.4, -0.2) is 13.1 Å². The quantitative estimate of drug-likeness (QED) is 0.627. The number of methoxy groups -OCH3 is 1. The van der Waals surface area contributed by atoms with E-state index in [0.717, 1.165) is 13.2 Å². The van der Waals surface area contributed by atoms with E-state index in [1.165, 1.54) is 12.1 Å².